The van der Waals surface area contributed by atoms with Gasteiger partial charge in [-0.1, -0.05) is 31.2 Å². The second-order valence-corrected chi connectivity index (χ2v) is 5.43. The Morgan fingerprint density at radius 1 is 1.17 bits per heavy atom. The zero-order valence-corrected chi connectivity index (χ0v) is 11.6. The molecule has 0 atom stereocenters. The summed E-state index contributed by atoms with van der Waals surface area (Å²) < 4.78 is 0. The molecule has 2 N–H and O–H groups in total. The van der Waals surface area contributed by atoms with Gasteiger partial charge in [-0.15, -0.1) is 11.3 Å². The highest BCUT2D eigenvalue weighted by Crippen LogP contribution is 2.14. The summed E-state index contributed by atoms with van der Waals surface area (Å²) in [5, 5.41) is 2.14. The van der Waals surface area contributed by atoms with Crippen molar-refractivity contribution in [2.45, 2.75) is 19.9 Å². The lowest BCUT2D eigenvalue weighted by Gasteiger charge is -2.19. The Labute approximate surface area is 113 Å². The van der Waals surface area contributed by atoms with E-state index in [9.17, 15) is 0 Å². The SMILES string of the molecule is CCN(CCc1ccccc1N)Cc1cccs1. The van der Waals surface area contributed by atoms with E-state index in [1.807, 2.05) is 23.5 Å². The number of hydrogen-bond donors (Lipinski definition) is 1. The van der Waals surface area contributed by atoms with Gasteiger partial charge >= 0.3 is 0 Å². The van der Waals surface area contributed by atoms with Gasteiger partial charge in [0.15, 0.2) is 0 Å². The zero-order chi connectivity index (χ0) is 12.8. The molecule has 0 aliphatic heterocycles. The standard InChI is InChI=1S/C15H20N2S/c1-2-17(12-14-7-5-11-18-14)10-9-13-6-3-4-8-15(13)16/h3-8,11H,2,9-10,12,16H2,1H3. The third-order valence-corrected chi connectivity index (χ3v) is 4.02. The summed E-state index contributed by atoms with van der Waals surface area (Å²) in [5.74, 6) is 0. The van der Waals surface area contributed by atoms with Crippen molar-refractivity contribution < 1.29 is 0 Å². The molecule has 0 bridgehead atoms. The number of nitrogens with zero attached hydrogens (tertiary/aromatic N) is 1. The molecule has 0 radical (unpaired) electrons. The minimum absolute atomic E-state index is 0.907. The Balaban J connectivity index is 1.89. The van der Waals surface area contributed by atoms with Crippen LogP contribution < -0.4 is 5.73 Å². The van der Waals surface area contributed by atoms with Gasteiger partial charge in [0.25, 0.3) is 0 Å². The van der Waals surface area contributed by atoms with Crippen LogP contribution in [0.1, 0.15) is 17.4 Å². The van der Waals surface area contributed by atoms with E-state index in [1.165, 1.54) is 10.4 Å². The van der Waals surface area contributed by atoms with Crippen LogP contribution in [0.15, 0.2) is 41.8 Å². The largest absolute Gasteiger partial charge is 0.399 e. The second kappa shape index (κ2) is 6.57. The number of anilines is 1. The fourth-order valence-corrected chi connectivity index (χ4v) is 2.76. The highest BCUT2D eigenvalue weighted by molar-refractivity contribution is 7.09. The van der Waals surface area contributed by atoms with E-state index in [0.29, 0.717) is 0 Å². The van der Waals surface area contributed by atoms with Crippen molar-refractivity contribution in [3.05, 3.63) is 52.2 Å². The van der Waals surface area contributed by atoms with Crippen LogP contribution in [-0.4, -0.2) is 18.0 Å². The van der Waals surface area contributed by atoms with Gasteiger partial charge in [-0.2, -0.15) is 0 Å². The Bertz CT molecular complexity index is 465. The minimum Gasteiger partial charge on any atom is -0.399 e. The number of nitrogens with two attached hydrogens (primary N) is 1. The predicted octanol–water partition coefficient (Wildman–Crippen LogP) is 3.39. The Hall–Kier alpha value is -1.32. The molecule has 2 rings (SSSR count). The molecule has 1 aromatic heterocycles. The second-order valence-electron chi connectivity index (χ2n) is 4.40. The zero-order valence-electron chi connectivity index (χ0n) is 10.8. The Kier molecular flexibility index (Phi) is 4.79. The van der Waals surface area contributed by atoms with Gasteiger partial charge in [-0.3, -0.25) is 4.90 Å². The third-order valence-electron chi connectivity index (χ3n) is 3.16. The van der Waals surface area contributed by atoms with E-state index < -0.39 is 0 Å². The summed E-state index contributed by atoms with van der Waals surface area (Å²) in [6, 6.07) is 12.5. The quantitative estimate of drug-likeness (QED) is 0.807. The predicted molar refractivity (Wildman–Crippen MR) is 79.8 cm³/mol. The van der Waals surface area contributed by atoms with Crippen molar-refractivity contribution in [1.82, 2.24) is 4.90 Å². The fourth-order valence-electron chi connectivity index (χ4n) is 2.01. The van der Waals surface area contributed by atoms with E-state index in [2.05, 4.69) is 41.5 Å². The van der Waals surface area contributed by atoms with Gasteiger partial charge in [-0.25, -0.2) is 0 Å². The maximum Gasteiger partial charge on any atom is 0.0347 e. The first kappa shape index (κ1) is 13.1. The number of thiophene rings is 1. The van der Waals surface area contributed by atoms with Gasteiger partial charge < -0.3 is 5.73 Å². The number of rotatable bonds is 6. The highest BCUT2D eigenvalue weighted by Gasteiger charge is 2.06. The molecule has 2 nitrogen and oxygen atoms in total. The van der Waals surface area contributed by atoms with Gasteiger partial charge in [0.2, 0.25) is 0 Å². The molecular formula is C15H20N2S. The van der Waals surface area contributed by atoms with Crippen LogP contribution in [0.3, 0.4) is 0 Å². The summed E-state index contributed by atoms with van der Waals surface area (Å²) in [6.07, 6.45) is 1.02. The summed E-state index contributed by atoms with van der Waals surface area (Å²) in [7, 11) is 0. The number of hydrogen-bond acceptors (Lipinski definition) is 3. The van der Waals surface area contributed by atoms with E-state index in [1.54, 1.807) is 0 Å². The van der Waals surface area contributed by atoms with E-state index in [4.69, 9.17) is 5.73 Å². The molecule has 3 heteroatoms. The maximum absolute atomic E-state index is 5.97. The summed E-state index contributed by atoms with van der Waals surface area (Å²) in [6.45, 7) is 5.39. The number of nitrogen functional groups attached to an aromatic ring is 1. The third kappa shape index (κ3) is 3.59. The van der Waals surface area contributed by atoms with Crippen molar-refractivity contribution in [1.29, 1.82) is 0 Å². The first-order valence-corrected chi connectivity index (χ1v) is 7.25. The number of para-hydroxylation sites is 1. The van der Waals surface area contributed by atoms with E-state index in [0.717, 1.165) is 31.7 Å². The van der Waals surface area contributed by atoms with Crippen LogP contribution in [0, 0.1) is 0 Å². The fraction of sp³-hybridized carbons (Fsp3) is 0.333. The first-order chi connectivity index (χ1) is 8.79. The van der Waals surface area contributed by atoms with Crippen LogP contribution >= 0.6 is 11.3 Å². The molecule has 96 valence electrons. The first-order valence-electron chi connectivity index (χ1n) is 6.37. The molecular weight excluding hydrogens is 240 g/mol. The molecule has 0 fully saturated rings. The van der Waals surface area contributed by atoms with E-state index >= 15 is 0 Å². The molecule has 0 unspecified atom stereocenters. The minimum atomic E-state index is 0.907. The van der Waals surface area contributed by atoms with Crippen molar-refractivity contribution >= 4 is 17.0 Å². The van der Waals surface area contributed by atoms with Crippen molar-refractivity contribution in [2.75, 3.05) is 18.8 Å². The molecule has 0 aliphatic carbocycles. The molecule has 0 saturated heterocycles. The Morgan fingerprint density at radius 2 is 2.00 bits per heavy atom. The lowest BCUT2D eigenvalue weighted by molar-refractivity contribution is 0.286. The molecule has 0 amide bonds. The van der Waals surface area contributed by atoms with Crippen LogP contribution in [0.25, 0.3) is 0 Å². The Morgan fingerprint density at radius 3 is 2.67 bits per heavy atom. The highest BCUT2D eigenvalue weighted by atomic mass is 32.1. The summed E-state index contributed by atoms with van der Waals surface area (Å²) in [4.78, 5) is 3.89. The molecule has 1 aromatic carbocycles. The molecule has 2 aromatic rings. The summed E-state index contributed by atoms with van der Waals surface area (Å²) >= 11 is 1.83. The lowest BCUT2D eigenvalue weighted by atomic mass is 10.1. The van der Waals surface area contributed by atoms with Gasteiger partial charge in [0.05, 0.1) is 0 Å². The molecule has 0 saturated carbocycles. The van der Waals surface area contributed by atoms with Crippen molar-refractivity contribution in [3.8, 4) is 0 Å². The molecule has 0 aliphatic rings. The molecule has 18 heavy (non-hydrogen) atoms. The smallest absolute Gasteiger partial charge is 0.0347 e. The molecule has 0 spiro atoms. The van der Waals surface area contributed by atoms with Crippen LogP contribution in [-0.2, 0) is 13.0 Å². The average Bonchev–Trinajstić information content (AvgIpc) is 2.89. The van der Waals surface area contributed by atoms with Gasteiger partial charge in [0, 0.05) is 23.7 Å². The van der Waals surface area contributed by atoms with Crippen molar-refractivity contribution in [3.63, 3.8) is 0 Å². The summed E-state index contributed by atoms with van der Waals surface area (Å²) in [5.41, 5.74) is 8.13. The maximum atomic E-state index is 5.97. The van der Waals surface area contributed by atoms with Crippen LogP contribution in [0.4, 0.5) is 5.69 Å². The van der Waals surface area contributed by atoms with Gasteiger partial charge in [0.1, 0.15) is 0 Å². The van der Waals surface area contributed by atoms with Crippen molar-refractivity contribution in [2.24, 2.45) is 0 Å². The normalized spacial score (nSPS) is 11.0. The van der Waals surface area contributed by atoms with Gasteiger partial charge in [-0.05, 0) is 36.0 Å². The molecule has 1 heterocycles. The van der Waals surface area contributed by atoms with Crippen LogP contribution in [0.5, 0.6) is 0 Å². The average molecular weight is 260 g/mol. The lowest BCUT2D eigenvalue weighted by Crippen LogP contribution is -2.25. The number of likely N-dealkylation sites (N-methyl/N-ethyl adjacent to an activating group) is 1. The van der Waals surface area contributed by atoms with Crippen LogP contribution in [0.2, 0.25) is 0 Å². The van der Waals surface area contributed by atoms with E-state index in [-0.39, 0.29) is 0 Å². The number of benzene rings is 1. The topological polar surface area (TPSA) is 29.3 Å². The monoisotopic (exact) mass is 260 g/mol.